The summed E-state index contributed by atoms with van der Waals surface area (Å²) in [5, 5.41) is 3.80. The Balaban J connectivity index is 1.95. The van der Waals surface area contributed by atoms with Crippen molar-refractivity contribution in [3.8, 4) is 0 Å². The van der Waals surface area contributed by atoms with Gasteiger partial charge in [0.2, 0.25) is 0 Å². The Hall–Kier alpha value is -0.0800. The zero-order chi connectivity index (χ0) is 11.4. The van der Waals surface area contributed by atoms with E-state index in [4.69, 9.17) is 4.74 Å². The standard InChI is InChI=1S/C14H27NO/c1-12(2)14(8-4-5-9-15-14)11-13-7-3-6-10-16-13/h12-13,15H,3-11H2,1-2H3. The zero-order valence-electron chi connectivity index (χ0n) is 10.9. The fraction of sp³-hybridized carbons (Fsp3) is 1.00. The smallest absolute Gasteiger partial charge is 0.0592 e. The van der Waals surface area contributed by atoms with Crippen LogP contribution in [0.5, 0.6) is 0 Å². The summed E-state index contributed by atoms with van der Waals surface area (Å²) in [6.07, 6.45) is 9.71. The maximum Gasteiger partial charge on any atom is 0.0592 e. The molecule has 2 aliphatic rings. The highest BCUT2D eigenvalue weighted by Crippen LogP contribution is 2.34. The molecule has 0 bridgehead atoms. The second-order valence-electron chi connectivity index (χ2n) is 5.89. The van der Waals surface area contributed by atoms with Gasteiger partial charge in [0, 0.05) is 12.1 Å². The number of hydrogen-bond acceptors (Lipinski definition) is 2. The Bertz CT molecular complexity index is 203. The highest BCUT2D eigenvalue weighted by atomic mass is 16.5. The van der Waals surface area contributed by atoms with E-state index in [0.29, 0.717) is 11.6 Å². The number of hydrogen-bond donors (Lipinski definition) is 1. The van der Waals surface area contributed by atoms with E-state index in [1.165, 1.54) is 51.5 Å². The molecule has 2 aliphatic heterocycles. The largest absolute Gasteiger partial charge is 0.378 e. The molecule has 2 atom stereocenters. The second kappa shape index (κ2) is 5.50. The highest BCUT2D eigenvalue weighted by molar-refractivity contribution is 4.95. The van der Waals surface area contributed by atoms with Gasteiger partial charge in [-0.3, -0.25) is 0 Å². The Labute approximate surface area is 100 Å². The van der Waals surface area contributed by atoms with Gasteiger partial charge in [0.15, 0.2) is 0 Å². The van der Waals surface area contributed by atoms with E-state index in [1.807, 2.05) is 0 Å². The summed E-state index contributed by atoms with van der Waals surface area (Å²) in [6, 6.07) is 0. The van der Waals surface area contributed by atoms with Crippen molar-refractivity contribution in [2.45, 2.75) is 70.4 Å². The van der Waals surface area contributed by atoms with Crippen LogP contribution >= 0.6 is 0 Å². The summed E-state index contributed by atoms with van der Waals surface area (Å²) >= 11 is 0. The second-order valence-corrected chi connectivity index (χ2v) is 5.89. The molecule has 2 heteroatoms. The third kappa shape index (κ3) is 2.78. The van der Waals surface area contributed by atoms with Gasteiger partial charge in [-0.1, -0.05) is 20.3 Å². The van der Waals surface area contributed by atoms with Crippen LogP contribution in [0, 0.1) is 5.92 Å². The molecule has 0 aliphatic carbocycles. The van der Waals surface area contributed by atoms with Gasteiger partial charge in [0.25, 0.3) is 0 Å². The number of rotatable bonds is 3. The van der Waals surface area contributed by atoms with Crippen LogP contribution in [0.1, 0.15) is 58.8 Å². The normalized spacial score (nSPS) is 36.6. The first-order valence-corrected chi connectivity index (χ1v) is 7.09. The molecule has 2 nitrogen and oxygen atoms in total. The third-order valence-corrected chi connectivity index (χ3v) is 4.50. The van der Waals surface area contributed by atoms with E-state index in [-0.39, 0.29) is 0 Å². The van der Waals surface area contributed by atoms with E-state index in [2.05, 4.69) is 19.2 Å². The Morgan fingerprint density at radius 3 is 2.69 bits per heavy atom. The predicted octanol–water partition coefficient (Wildman–Crippen LogP) is 3.11. The molecule has 16 heavy (non-hydrogen) atoms. The molecule has 0 amide bonds. The van der Waals surface area contributed by atoms with E-state index >= 15 is 0 Å². The fourth-order valence-corrected chi connectivity index (χ4v) is 3.27. The van der Waals surface area contributed by atoms with E-state index in [0.717, 1.165) is 12.5 Å². The molecule has 0 radical (unpaired) electrons. The molecular formula is C14H27NO. The van der Waals surface area contributed by atoms with Gasteiger partial charge in [0.05, 0.1) is 6.10 Å². The van der Waals surface area contributed by atoms with Crippen LogP contribution in [0.3, 0.4) is 0 Å². The summed E-state index contributed by atoms with van der Waals surface area (Å²) in [5.74, 6) is 0.721. The lowest BCUT2D eigenvalue weighted by molar-refractivity contribution is -0.0186. The summed E-state index contributed by atoms with van der Waals surface area (Å²) < 4.78 is 5.92. The van der Waals surface area contributed by atoms with Crippen molar-refractivity contribution in [2.75, 3.05) is 13.2 Å². The van der Waals surface area contributed by atoms with Crippen LogP contribution in [0.25, 0.3) is 0 Å². The molecule has 0 saturated carbocycles. The van der Waals surface area contributed by atoms with Gasteiger partial charge in [-0.05, 0) is 51.0 Å². The molecule has 2 saturated heterocycles. The molecule has 94 valence electrons. The summed E-state index contributed by atoms with van der Waals surface area (Å²) in [7, 11) is 0. The topological polar surface area (TPSA) is 21.3 Å². The minimum atomic E-state index is 0.361. The number of ether oxygens (including phenoxy) is 1. The Morgan fingerprint density at radius 1 is 1.25 bits per heavy atom. The van der Waals surface area contributed by atoms with Crippen molar-refractivity contribution < 1.29 is 4.74 Å². The minimum Gasteiger partial charge on any atom is -0.378 e. The molecular weight excluding hydrogens is 198 g/mol. The van der Waals surface area contributed by atoms with Crippen LogP contribution in [-0.4, -0.2) is 24.8 Å². The Kier molecular flexibility index (Phi) is 4.26. The molecule has 1 N–H and O–H groups in total. The summed E-state index contributed by atoms with van der Waals surface area (Å²) in [6.45, 7) is 6.91. The fourth-order valence-electron chi connectivity index (χ4n) is 3.27. The van der Waals surface area contributed by atoms with Gasteiger partial charge in [0.1, 0.15) is 0 Å². The van der Waals surface area contributed by atoms with Crippen LogP contribution in [-0.2, 0) is 4.74 Å². The van der Waals surface area contributed by atoms with Crippen LogP contribution < -0.4 is 5.32 Å². The monoisotopic (exact) mass is 225 g/mol. The lowest BCUT2D eigenvalue weighted by atomic mass is 9.75. The summed E-state index contributed by atoms with van der Waals surface area (Å²) in [5.41, 5.74) is 0.361. The first kappa shape index (κ1) is 12.4. The predicted molar refractivity (Wildman–Crippen MR) is 67.6 cm³/mol. The van der Waals surface area contributed by atoms with Gasteiger partial charge >= 0.3 is 0 Å². The van der Waals surface area contributed by atoms with Gasteiger partial charge in [-0.25, -0.2) is 0 Å². The van der Waals surface area contributed by atoms with Gasteiger partial charge in [-0.2, -0.15) is 0 Å². The lowest BCUT2D eigenvalue weighted by Crippen LogP contribution is -2.54. The SMILES string of the molecule is CC(C)C1(CC2CCCCO2)CCCCN1. The maximum atomic E-state index is 5.92. The van der Waals surface area contributed by atoms with Crippen molar-refractivity contribution >= 4 is 0 Å². The molecule has 2 unspecified atom stereocenters. The van der Waals surface area contributed by atoms with Crippen molar-refractivity contribution in [1.29, 1.82) is 0 Å². The quantitative estimate of drug-likeness (QED) is 0.797. The van der Waals surface area contributed by atoms with Crippen molar-refractivity contribution in [2.24, 2.45) is 5.92 Å². The van der Waals surface area contributed by atoms with Gasteiger partial charge < -0.3 is 10.1 Å². The molecule has 2 rings (SSSR count). The van der Waals surface area contributed by atoms with Crippen molar-refractivity contribution in [3.05, 3.63) is 0 Å². The molecule has 0 spiro atoms. The number of nitrogens with one attached hydrogen (secondary N) is 1. The maximum absolute atomic E-state index is 5.92. The molecule has 2 fully saturated rings. The number of piperidine rings is 1. The summed E-state index contributed by atoms with van der Waals surface area (Å²) in [4.78, 5) is 0. The van der Waals surface area contributed by atoms with Crippen molar-refractivity contribution in [3.63, 3.8) is 0 Å². The molecule has 0 aromatic heterocycles. The van der Waals surface area contributed by atoms with E-state index < -0.39 is 0 Å². The van der Waals surface area contributed by atoms with Crippen LogP contribution in [0.15, 0.2) is 0 Å². The van der Waals surface area contributed by atoms with Crippen molar-refractivity contribution in [1.82, 2.24) is 5.32 Å². The average molecular weight is 225 g/mol. The Morgan fingerprint density at radius 2 is 2.12 bits per heavy atom. The average Bonchev–Trinajstić information content (AvgIpc) is 2.31. The first-order chi connectivity index (χ1) is 7.73. The lowest BCUT2D eigenvalue weighted by Gasteiger charge is -2.44. The molecule has 0 aromatic carbocycles. The third-order valence-electron chi connectivity index (χ3n) is 4.50. The molecule has 2 heterocycles. The van der Waals surface area contributed by atoms with Gasteiger partial charge in [-0.15, -0.1) is 0 Å². The molecule has 0 aromatic rings. The zero-order valence-corrected chi connectivity index (χ0v) is 10.9. The minimum absolute atomic E-state index is 0.361. The van der Waals surface area contributed by atoms with E-state index in [9.17, 15) is 0 Å². The van der Waals surface area contributed by atoms with Crippen LogP contribution in [0.2, 0.25) is 0 Å². The first-order valence-electron chi connectivity index (χ1n) is 7.09. The van der Waals surface area contributed by atoms with Crippen LogP contribution in [0.4, 0.5) is 0 Å². The highest BCUT2D eigenvalue weighted by Gasteiger charge is 2.37. The van der Waals surface area contributed by atoms with E-state index in [1.54, 1.807) is 0 Å².